The number of nitro groups is 1. The van der Waals surface area contributed by atoms with E-state index in [-0.39, 0.29) is 50.6 Å². The maximum Gasteiger partial charge on any atom is 0.340 e. The molecule has 0 saturated heterocycles. The van der Waals surface area contributed by atoms with Crippen molar-refractivity contribution in [2.75, 3.05) is 17.4 Å². The quantitative estimate of drug-likeness (QED) is 0.232. The van der Waals surface area contributed by atoms with Gasteiger partial charge in [0.15, 0.2) is 5.82 Å². The molecule has 4 rings (SSSR count). The Hall–Kier alpha value is -5.07. The number of rotatable bonds is 7. The Morgan fingerprint density at radius 3 is 2.56 bits per heavy atom. The van der Waals surface area contributed by atoms with Crippen LogP contribution >= 0.6 is 11.6 Å². The summed E-state index contributed by atoms with van der Waals surface area (Å²) >= 11 is 6.29. The minimum absolute atomic E-state index is 0.0312. The number of aryl methyl sites for hydroxylation is 1. The number of hydrazone groups is 1. The van der Waals surface area contributed by atoms with Crippen molar-refractivity contribution < 1.29 is 27.1 Å². The van der Waals surface area contributed by atoms with Gasteiger partial charge in [-0.1, -0.05) is 11.6 Å². The lowest BCUT2D eigenvalue weighted by Crippen LogP contribution is -2.39. The predicted octanol–water partition coefficient (Wildman–Crippen LogP) is 3.12. The standard InChI is InChI=1S/C25H20ClN7O7S/c1-14-10-15(13-27)11-18(24(34)28-2)22(14)30-25(35)20-12-21(31-32(20)23-19(26)4-3-9-29-23)40-41(38,39)17-7-5-16(6-8-17)33(36)37/h3-11,20H,12H2,1-2H3,(H,28,34)(H,30,35). The highest BCUT2D eigenvalue weighted by molar-refractivity contribution is 7.87. The first-order chi connectivity index (χ1) is 19.4. The summed E-state index contributed by atoms with van der Waals surface area (Å²) in [5, 5.41) is 30.7. The first-order valence-electron chi connectivity index (χ1n) is 11.7. The average Bonchev–Trinajstić information content (AvgIpc) is 3.36. The molecule has 0 fully saturated rings. The summed E-state index contributed by atoms with van der Waals surface area (Å²) in [4.78, 5) is 40.1. The Morgan fingerprint density at radius 1 is 1.24 bits per heavy atom. The molecule has 41 heavy (non-hydrogen) atoms. The molecule has 2 heterocycles. The summed E-state index contributed by atoms with van der Waals surface area (Å²) in [5.74, 6) is -1.61. The van der Waals surface area contributed by atoms with Gasteiger partial charge in [0.1, 0.15) is 10.9 Å². The molecule has 0 spiro atoms. The predicted molar refractivity (Wildman–Crippen MR) is 147 cm³/mol. The van der Waals surface area contributed by atoms with Crippen molar-refractivity contribution in [3.05, 3.63) is 86.6 Å². The zero-order valence-corrected chi connectivity index (χ0v) is 22.9. The van der Waals surface area contributed by atoms with E-state index in [0.29, 0.717) is 5.56 Å². The number of aromatic nitrogens is 1. The fourth-order valence-electron chi connectivity index (χ4n) is 3.93. The van der Waals surface area contributed by atoms with Gasteiger partial charge in [0.2, 0.25) is 11.8 Å². The Morgan fingerprint density at radius 2 is 1.95 bits per heavy atom. The van der Waals surface area contributed by atoms with Crippen LogP contribution in [0.25, 0.3) is 0 Å². The van der Waals surface area contributed by atoms with Crippen LogP contribution in [0.4, 0.5) is 17.2 Å². The van der Waals surface area contributed by atoms with Crippen LogP contribution in [0.15, 0.2) is 64.7 Å². The maximum atomic E-state index is 13.6. The lowest BCUT2D eigenvalue weighted by molar-refractivity contribution is -0.384. The third-order valence-electron chi connectivity index (χ3n) is 5.87. The van der Waals surface area contributed by atoms with Gasteiger partial charge in [-0.25, -0.2) is 9.99 Å². The summed E-state index contributed by atoms with van der Waals surface area (Å²) in [6, 6.07) is 10.6. The summed E-state index contributed by atoms with van der Waals surface area (Å²) in [6.07, 6.45) is 1.04. The highest BCUT2D eigenvalue weighted by atomic mass is 35.5. The first-order valence-corrected chi connectivity index (χ1v) is 13.5. The molecule has 0 bridgehead atoms. The van der Waals surface area contributed by atoms with E-state index in [2.05, 4.69) is 20.7 Å². The number of carbonyl (C=O) groups is 2. The molecule has 2 amide bonds. The number of nitrogens with zero attached hydrogens (tertiary/aromatic N) is 5. The molecule has 1 aliphatic heterocycles. The second-order valence-electron chi connectivity index (χ2n) is 8.55. The number of halogens is 1. The zero-order valence-electron chi connectivity index (χ0n) is 21.4. The van der Waals surface area contributed by atoms with Crippen molar-refractivity contribution in [3.8, 4) is 6.07 Å². The van der Waals surface area contributed by atoms with Crippen molar-refractivity contribution in [2.24, 2.45) is 5.10 Å². The van der Waals surface area contributed by atoms with E-state index in [1.165, 1.54) is 31.4 Å². The smallest absolute Gasteiger partial charge is 0.340 e. The van der Waals surface area contributed by atoms with Crippen LogP contribution in [0.5, 0.6) is 0 Å². The fraction of sp³-hybridized carbons (Fsp3) is 0.160. The molecule has 16 heteroatoms. The van der Waals surface area contributed by atoms with Crippen molar-refractivity contribution in [2.45, 2.75) is 24.3 Å². The summed E-state index contributed by atoms with van der Waals surface area (Å²) in [7, 11) is -3.10. The van der Waals surface area contributed by atoms with Crippen molar-refractivity contribution >= 4 is 56.6 Å². The molecule has 2 N–H and O–H groups in total. The van der Waals surface area contributed by atoms with Crippen LogP contribution in [0.1, 0.15) is 27.9 Å². The number of non-ortho nitro benzene ring substituents is 1. The lowest BCUT2D eigenvalue weighted by Gasteiger charge is -2.23. The van der Waals surface area contributed by atoms with E-state index in [0.717, 1.165) is 29.3 Å². The molecule has 0 saturated carbocycles. The van der Waals surface area contributed by atoms with Gasteiger partial charge in [0.25, 0.3) is 11.6 Å². The Labute approximate surface area is 238 Å². The molecular weight excluding hydrogens is 578 g/mol. The van der Waals surface area contributed by atoms with E-state index in [9.17, 15) is 33.4 Å². The van der Waals surface area contributed by atoms with Crippen molar-refractivity contribution in [1.82, 2.24) is 10.3 Å². The number of nitrogens with one attached hydrogen (secondary N) is 2. The number of nitriles is 1. The molecule has 210 valence electrons. The highest BCUT2D eigenvalue weighted by Crippen LogP contribution is 2.32. The zero-order chi connectivity index (χ0) is 29.9. The van der Waals surface area contributed by atoms with Crippen LogP contribution in [0, 0.1) is 28.4 Å². The monoisotopic (exact) mass is 597 g/mol. The Kier molecular flexibility index (Phi) is 8.17. The molecule has 0 aliphatic carbocycles. The number of hydrogen-bond donors (Lipinski definition) is 2. The number of pyridine rings is 1. The molecule has 1 atom stereocenters. The van der Waals surface area contributed by atoms with Crippen molar-refractivity contribution in [1.29, 1.82) is 5.26 Å². The molecule has 1 aliphatic rings. The molecule has 3 aromatic rings. The fourth-order valence-corrected chi connectivity index (χ4v) is 5.05. The Bertz CT molecular complexity index is 1740. The molecule has 2 aromatic carbocycles. The topological polar surface area (TPSA) is 197 Å². The minimum Gasteiger partial charge on any atom is -0.361 e. The van der Waals surface area contributed by atoms with E-state index in [1.54, 1.807) is 13.0 Å². The van der Waals surface area contributed by atoms with E-state index >= 15 is 0 Å². The molecule has 1 unspecified atom stereocenters. The molecule has 1 aromatic heterocycles. The van der Waals surface area contributed by atoms with Gasteiger partial charge in [-0.05, 0) is 48.9 Å². The van der Waals surface area contributed by atoms with Crippen LogP contribution in [-0.2, 0) is 19.1 Å². The van der Waals surface area contributed by atoms with Gasteiger partial charge in [0, 0.05) is 25.4 Å². The number of benzene rings is 2. The molecular formula is C25H20ClN7O7S. The summed E-state index contributed by atoms with van der Waals surface area (Å²) in [6.45, 7) is 1.60. The highest BCUT2D eigenvalue weighted by Gasteiger charge is 2.39. The van der Waals surface area contributed by atoms with E-state index in [4.69, 9.17) is 15.8 Å². The first kappa shape index (κ1) is 28.9. The summed E-state index contributed by atoms with van der Waals surface area (Å²) in [5.41, 5.74) is 0.486. The van der Waals surface area contributed by atoms with Crippen LogP contribution in [0.3, 0.4) is 0 Å². The van der Waals surface area contributed by atoms with Gasteiger partial charge in [-0.15, -0.1) is 5.10 Å². The number of amides is 2. The van der Waals surface area contributed by atoms with Gasteiger partial charge < -0.3 is 14.8 Å². The number of nitro benzene ring substituents is 1. The van der Waals surface area contributed by atoms with Gasteiger partial charge in [-0.2, -0.15) is 13.7 Å². The van der Waals surface area contributed by atoms with E-state index in [1.807, 2.05) is 6.07 Å². The van der Waals surface area contributed by atoms with Gasteiger partial charge in [0.05, 0.1) is 39.3 Å². The third kappa shape index (κ3) is 6.08. The molecule has 0 radical (unpaired) electrons. The average molecular weight is 598 g/mol. The van der Waals surface area contributed by atoms with Gasteiger partial charge in [-0.3, -0.25) is 19.7 Å². The number of anilines is 2. The SMILES string of the molecule is CNC(=O)c1cc(C#N)cc(C)c1NC(=O)C1CC(OS(=O)(=O)c2ccc([N+](=O)[O-])cc2)=NN1c1ncccc1Cl. The number of hydrogen-bond acceptors (Lipinski definition) is 11. The van der Waals surface area contributed by atoms with Crippen molar-refractivity contribution in [3.63, 3.8) is 0 Å². The largest absolute Gasteiger partial charge is 0.361 e. The second kappa shape index (κ2) is 11.6. The second-order valence-corrected chi connectivity index (χ2v) is 10.5. The van der Waals surface area contributed by atoms with Crippen LogP contribution in [0.2, 0.25) is 5.02 Å². The number of carbonyl (C=O) groups excluding carboxylic acids is 2. The molecule has 14 nitrogen and oxygen atoms in total. The third-order valence-corrected chi connectivity index (χ3v) is 7.42. The van der Waals surface area contributed by atoms with E-state index < -0.39 is 32.9 Å². The van der Waals surface area contributed by atoms with Gasteiger partial charge >= 0.3 is 10.1 Å². The van der Waals surface area contributed by atoms with Crippen LogP contribution in [-0.4, -0.2) is 49.1 Å². The van der Waals surface area contributed by atoms with Crippen LogP contribution < -0.4 is 15.6 Å². The lowest BCUT2D eigenvalue weighted by atomic mass is 10.0. The summed E-state index contributed by atoms with van der Waals surface area (Å²) < 4.78 is 31.0. The Balaban J connectivity index is 1.68. The normalized spacial score (nSPS) is 14.5. The maximum absolute atomic E-state index is 13.6. The minimum atomic E-state index is -4.49.